The normalized spacial score (nSPS) is 20.9. The van der Waals surface area contributed by atoms with Crippen LogP contribution in [0.2, 0.25) is 0 Å². The van der Waals surface area contributed by atoms with Crippen molar-refractivity contribution in [2.75, 3.05) is 19.8 Å². The maximum absolute atomic E-state index is 11.1. The molecule has 4 nitrogen and oxygen atoms in total. The third-order valence-electron chi connectivity index (χ3n) is 3.26. The van der Waals surface area contributed by atoms with Crippen molar-refractivity contribution in [3.8, 4) is 0 Å². The third kappa shape index (κ3) is 3.76. The molecule has 1 fully saturated rings. The molecule has 0 bridgehead atoms. The molecule has 1 saturated carbocycles. The molecule has 1 unspecified atom stereocenters. The first kappa shape index (κ1) is 13.5. The van der Waals surface area contributed by atoms with E-state index in [4.69, 9.17) is 9.84 Å². The van der Waals surface area contributed by atoms with Gasteiger partial charge < -0.3 is 15.2 Å². The second-order valence-electron chi connectivity index (χ2n) is 4.83. The first-order chi connectivity index (χ1) is 7.58. The minimum Gasteiger partial charge on any atom is -0.480 e. The molecule has 0 aromatic carbocycles. The predicted molar refractivity (Wildman–Crippen MR) is 62.5 cm³/mol. The number of likely N-dealkylation sites (N-methyl/N-ethyl adjacent to an activating group) is 1. The Morgan fingerprint density at radius 3 is 2.62 bits per heavy atom. The quantitative estimate of drug-likeness (QED) is 0.697. The lowest BCUT2D eigenvalue weighted by molar-refractivity contribution is -0.147. The minimum atomic E-state index is -0.951. The monoisotopic (exact) mass is 229 g/mol. The highest BCUT2D eigenvalue weighted by Gasteiger charge is 2.32. The van der Waals surface area contributed by atoms with E-state index in [1.54, 1.807) is 6.92 Å². The van der Waals surface area contributed by atoms with Gasteiger partial charge in [0.05, 0.1) is 6.61 Å². The lowest BCUT2D eigenvalue weighted by atomic mass is 10.0. The van der Waals surface area contributed by atoms with E-state index in [1.165, 1.54) is 25.7 Å². The molecular weight excluding hydrogens is 206 g/mol. The summed E-state index contributed by atoms with van der Waals surface area (Å²) >= 11 is 0. The van der Waals surface area contributed by atoms with Gasteiger partial charge in [0, 0.05) is 6.61 Å². The highest BCUT2D eigenvalue weighted by Crippen LogP contribution is 2.24. The summed E-state index contributed by atoms with van der Waals surface area (Å²) < 4.78 is 5.55. The molecule has 1 aliphatic rings. The van der Waals surface area contributed by atoms with Crippen LogP contribution in [0.5, 0.6) is 0 Å². The summed E-state index contributed by atoms with van der Waals surface area (Å²) in [5.74, 6) is -0.208. The molecule has 0 aliphatic heterocycles. The van der Waals surface area contributed by atoms with Crippen LogP contribution >= 0.6 is 0 Å². The number of rotatable bonds is 7. The summed E-state index contributed by atoms with van der Waals surface area (Å²) in [6.07, 6.45) is 5.03. The average Bonchev–Trinajstić information content (AvgIpc) is 2.70. The topological polar surface area (TPSA) is 58.6 Å². The maximum atomic E-state index is 11.1. The van der Waals surface area contributed by atoms with Crippen molar-refractivity contribution in [2.45, 2.75) is 45.1 Å². The minimum absolute atomic E-state index is 0.243. The number of carbonyl (C=O) groups is 1. The Morgan fingerprint density at radius 2 is 2.12 bits per heavy atom. The van der Waals surface area contributed by atoms with Crippen LogP contribution in [0, 0.1) is 5.92 Å². The predicted octanol–water partition coefficient (Wildman–Crippen LogP) is 1.65. The van der Waals surface area contributed by atoms with Gasteiger partial charge in [-0.3, -0.25) is 4.79 Å². The zero-order valence-electron chi connectivity index (χ0n) is 10.3. The van der Waals surface area contributed by atoms with Gasteiger partial charge in [-0.1, -0.05) is 19.8 Å². The lowest BCUT2D eigenvalue weighted by Gasteiger charge is -2.26. The van der Waals surface area contributed by atoms with Crippen molar-refractivity contribution in [2.24, 2.45) is 5.92 Å². The van der Waals surface area contributed by atoms with Gasteiger partial charge in [0.15, 0.2) is 0 Å². The van der Waals surface area contributed by atoms with E-state index in [-0.39, 0.29) is 6.61 Å². The summed E-state index contributed by atoms with van der Waals surface area (Å²) in [4.78, 5) is 11.1. The number of carboxylic acids is 1. The summed E-state index contributed by atoms with van der Waals surface area (Å²) in [5, 5.41) is 12.1. The van der Waals surface area contributed by atoms with Crippen LogP contribution in [0.3, 0.4) is 0 Å². The van der Waals surface area contributed by atoms with E-state index in [2.05, 4.69) is 5.32 Å². The SMILES string of the molecule is CCNC(C)(COCC1CCCC1)C(=O)O. The number of aliphatic carboxylic acids is 1. The fourth-order valence-electron chi connectivity index (χ4n) is 2.19. The number of hydrogen-bond donors (Lipinski definition) is 2. The molecule has 0 aromatic heterocycles. The Hall–Kier alpha value is -0.610. The van der Waals surface area contributed by atoms with Crippen molar-refractivity contribution in [1.29, 1.82) is 0 Å². The van der Waals surface area contributed by atoms with Gasteiger partial charge >= 0.3 is 5.97 Å². The van der Waals surface area contributed by atoms with Gasteiger partial charge in [0.1, 0.15) is 5.54 Å². The van der Waals surface area contributed by atoms with E-state index < -0.39 is 11.5 Å². The van der Waals surface area contributed by atoms with Gasteiger partial charge in [-0.15, -0.1) is 0 Å². The Labute approximate surface area is 97.4 Å². The molecule has 16 heavy (non-hydrogen) atoms. The molecule has 0 spiro atoms. The fraction of sp³-hybridized carbons (Fsp3) is 0.917. The molecule has 4 heteroatoms. The molecule has 0 radical (unpaired) electrons. The maximum Gasteiger partial charge on any atom is 0.326 e. The molecular formula is C12H23NO3. The van der Waals surface area contributed by atoms with Crippen molar-refractivity contribution in [3.63, 3.8) is 0 Å². The van der Waals surface area contributed by atoms with E-state index in [1.807, 2.05) is 6.92 Å². The highest BCUT2D eigenvalue weighted by molar-refractivity contribution is 5.78. The smallest absolute Gasteiger partial charge is 0.326 e. The van der Waals surface area contributed by atoms with Crippen LogP contribution < -0.4 is 5.32 Å². The first-order valence-corrected chi connectivity index (χ1v) is 6.14. The van der Waals surface area contributed by atoms with E-state index >= 15 is 0 Å². The van der Waals surface area contributed by atoms with Gasteiger partial charge in [-0.2, -0.15) is 0 Å². The number of hydrogen-bond acceptors (Lipinski definition) is 3. The summed E-state index contributed by atoms with van der Waals surface area (Å²) in [6, 6.07) is 0. The third-order valence-corrected chi connectivity index (χ3v) is 3.26. The van der Waals surface area contributed by atoms with E-state index in [0.29, 0.717) is 19.1 Å². The standard InChI is InChI=1S/C12H23NO3/c1-3-13-12(2,11(14)15)9-16-8-10-6-4-5-7-10/h10,13H,3-9H2,1-2H3,(H,14,15). The van der Waals surface area contributed by atoms with Crippen LogP contribution in [0.4, 0.5) is 0 Å². The Kier molecular flexibility index (Phi) is 5.22. The fourth-order valence-corrected chi connectivity index (χ4v) is 2.19. The van der Waals surface area contributed by atoms with Crippen LogP contribution in [-0.4, -0.2) is 36.4 Å². The Balaban J connectivity index is 2.29. The van der Waals surface area contributed by atoms with E-state index in [0.717, 1.165) is 0 Å². The van der Waals surface area contributed by atoms with Gasteiger partial charge in [-0.25, -0.2) is 0 Å². The molecule has 2 N–H and O–H groups in total. The highest BCUT2D eigenvalue weighted by atomic mass is 16.5. The Morgan fingerprint density at radius 1 is 1.50 bits per heavy atom. The molecule has 0 heterocycles. The first-order valence-electron chi connectivity index (χ1n) is 6.14. The molecule has 94 valence electrons. The molecule has 0 saturated heterocycles. The largest absolute Gasteiger partial charge is 0.480 e. The van der Waals surface area contributed by atoms with Crippen molar-refractivity contribution >= 4 is 5.97 Å². The molecule has 0 amide bonds. The van der Waals surface area contributed by atoms with Crippen LogP contribution in [0.1, 0.15) is 39.5 Å². The average molecular weight is 229 g/mol. The van der Waals surface area contributed by atoms with Crippen molar-refractivity contribution in [1.82, 2.24) is 5.32 Å². The summed E-state index contributed by atoms with van der Waals surface area (Å²) in [6.45, 7) is 5.15. The van der Waals surface area contributed by atoms with Gasteiger partial charge in [0.25, 0.3) is 0 Å². The molecule has 1 atom stereocenters. The second kappa shape index (κ2) is 6.21. The number of carboxylic acid groups (broad SMARTS) is 1. The zero-order chi connectivity index (χ0) is 12.0. The second-order valence-corrected chi connectivity index (χ2v) is 4.83. The van der Waals surface area contributed by atoms with E-state index in [9.17, 15) is 4.79 Å². The van der Waals surface area contributed by atoms with Gasteiger partial charge in [0.2, 0.25) is 0 Å². The van der Waals surface area contributed by atoms with Crippen LogP contribution in [0.15, 0.2) is 0 Å². The molecule has 1 aliphatic carbocycles. The molecule has 0 aromatic rings. The number of nitrogens with one attached hydrogen (secondary N) is 1. The summed E-state index contributed by atoms with van der Waals surface area (Å²) in [5.41, 5.74) is -0.951. The Bertz CT molecular complexity index is 226. The van der Waals surface area contributed by atoms with Crippen molar-refractivity contribution in [3.05, 3.63) is 0 Å². The zero-order valence-corrected chi connectivity index (χ0v) is 10.3. The van der Waals surface area contributed by atoms with Gasteiger partial charge in [-0.05, 0) is 32.2 Å². The lowest BCUT2D eigenvalue weighted by Crippen LogP contribution is -2.53. The van der Waals surface area contributed by atoms with Crippen LogP contribution in [0.25, 0.3) is 0 Å². The number of ether oxygens (including phenoxy) is 1. The van der Waals surface area contributed by atoms with Crippen LogP contribution in [-0.2, 0) is 9.53 Å². The summed E-state index contributed by atoms with van der Waals surface area (Å²) in [7, 11) is 0. The van der Waals surface area contributed by atoms with Crippen molar-refractivity contribution < 1.29 is 14.6 Å². The molecule has 1 rings (SSSR count).